The smallest absolute Gasteiger partial charge is 0.336 e. The van der Waals surface area contributed by atoms with Gasteiger partial charge in [0.25, 0.3) is 0 Å². The van der Waals surface area contributed by atoms with Crippen molar-refractivity contribution >= 4 is 56.5 Å². The minimum Gasteiger partial charge on any atom is -0.497 e. The predicted molar refractivity (Wildman–Crippen MR) is 130 cm³/mol. The molecule has 2 unspecified atom stereocenters. The Morgan fingerprint density at radius 3 is 2.61 bits per heavy atom. The fraction of sp³-hybridized carbons (Fsp3) is 0.208. The van der Waals surface area contributed by atoms with Crippen LogP contribution in [0.4, 0.5) is 16.6 Å². The van der Waals surface area contributed by atoms with Crippen LogP contribution in [0, 0.1) is 13.8 Å². The Morgan fingerprint density at radius 2 is 1.88 bits per heavy atom. The third-order valence-electron chi connectivity index (χ3n) is 5.74. The van der Waals surface area contributed by atoms with Gasteiger partial charge in [-0.2, -0.15) is 0 Å². The number of aromatic nitrogens is 1. The van der Waals surface area contributed by atoms with Crippen molar-refractivity contribution in [2.45, 2.75) is 25.3 Å². The molecule has 33 heavy (non-hydrogen) atoms. The summed E-state index contributed by atoms with van der Waals surface area (Å²) in [7, 11) is 1.61. The maximum absolute atomic E-state index is 12.6. The second-order valence-electron chi connectivity index (χ2n) is 7.88. The summed E-state index contributed by atoms with van der Waals surface area (Å²) in [6.07, 6.45) is 0. The highest BCUT2D eigenvalue weighted by Crippen LogP contribution is 2.44. The standard InChI is InChI=1S/C24H20ClN3O4S/c1-12-9-20(29)32-18-8-13(2)17(10-16(12)18)26-19-11-33-24(27-19)28-22(21(25)23(28)30)14-4-6-15(31-3)7-5-14/h4-11,21-22,26H,1-3H3. The molecule has 1 amide bonds. The van der Waals surface area contributed by atoms with Crippen molar-refractivity contribution in [3.63, 3.8) is 0 Å². The van der Waals surface area contributed by atoms with E-state index in [0.717, 1.165) is 33.5 Å². The molecule has 1 aliphatic heterocycles. The first kappa shape index (κ1) is 21.5. The van der Waals surface area contributed by atoms with E-state index >= 15 is 0 Å². The molecule has 0 aliphatic carbocycles. The van der Waals surface area contributed by atoms with E-state index in [1.807, 2.05) is 55.6 Å². The molecule has 1 aliphatic rings. The summed E-state index contributed by atoms with van der Waals surface area (Å²) in [5, 5.41) is 5.95. The van der Waals surface area contributed by atoms with Gasteiger partial charge in [-0.1, -0.05) is 12.1 Å². The van der Waals surface area contributed by atoms with Crippen LogP contribution in [0.25, 0.3) is 11.0 Å². The number of hydrogen-bond donors (Lipinski definition) is 1. The summed E-state index contributed by atoms with van der Waals surface area (Å²) in [4.78, 5) is 30.5. The molecule has 168 valence electrons. The number of aryl methyl sites for hydroxylation is 2. The van der Waals surface area contributed by atoms with Gasteiger partial charge in [0, 0.05) is 22.5 Å². The van der Waals surface area contributed by atoms with Gasteiger partial charge < -0.3 is 14.5 Å². The first-order valence-corrected chi connectivity index (χ1v) is 11.6. The lowest BCUT2D eigenvalue weighted by Crippen LogP contribution is -2.56. The molecule has 0 radical (unpaired) electrons. The number of β-lactam (4-membered cyclic amide) rings is 1. The Balaban J connectivity index is 1.42. The van der Waals surface area contributed by atoms with Gasteiger partial charge in [0.2, 0.25) is 5.91 Å². The number of nitrogens with zero attached hydrogens (tertiary/aromatic N) is 2. The second-order valence-corrected chi connectivity index (χ2v) is 9.19. The zero-order valence-corrected chi connectivity index (χ0v) is 19.7. The van der Waals surface area contributed by atoms with E-state index in [4.69, 9.17) is 20.8 Å². The molecule has 3 heterocycles. The summed E-state index contributed by atoms with van der Waals surface area (Å²) in [6.45, 7) is 3.80. The van der Waals surface area contributed by atoms with Crippen LogP contribution in [0.3, 0.4) is 0 Å². The van der Waals surface area contributed by atoms with E-state index in [-0.39, 0.29) is 17.6 Å². The van der Waals surface area contributed by atoms with Gasteiger partial charge in [-0.3, -0.25) is 9.69 Å². The lowest BCUT2D eigenvalue weighted by atomic mass is 9.94. The summed E-state index contributed by atoms with van der Waals surface area (Å²) >= 11 is 7.73. The summed E-state index contributed by atoms with van der Waals surface area (Å²) in [5.41, 5.74) is 3.68. The third kappa shape index (κ3) is 3.75. The number of thiazole rings is 1. The Bertz CT molecular complexity index is 1430. The van der Waals surface area contributed by atoms with Crippen LogP contribution in [0.15, 0.2) is 57.1 Å². The maximum atomic E-state index is 12.6. The Kier molecular flexibility index (Phi) is 5.34. The number of hydrogen-bond acceptors (Lipinski definition) is 7. The number of benzene rings is 2. The van der Waals surface area contributed by atoms with E-state index in [0.29, 0.717) is 16.5 Å². The first-order chi connectivity index (χ1) is 15.9. The molecule has 0 bridgehead atoms. The third-order valence-corrected chi connectivity index (χ3v) is 7.01. The fourth-order valence-electron chi connectivity index (χ4n) is 3.96. The summed E-state index contributed by atoms with van der Waals surface area (Å²) in [6, 6.07) is 12.5. The summed E-state index contributed by atoms with van der Waals surface area (Å²) < 4.78 is 10.5. The Labute approximate surface area is 198 Å². The monoisotopic (exact) mass is 481 g/mol. The second kappa shape index (κ2) is 8.20. The van der Waals surface area contributed by atoms with Gasteiger partial charge in [0.1, 0.15) is 22.5 Å². The number of carbonyl (C=O) groups is 1. The van der Waals surface area contributed by atoms with Crippen LogP contribution in [-0.2, 0) is 4.79 Å². The Morgan fingerprint density at radius 1 is 1.12 bits per heavy atom. The molecule has 2 aromatic heterocycles. The van der Waals surface area contributed by atoms with Crippen molar-refractivity contribution in [2.75, 3.05) is 17.3 Å². The number of amides is 1. The van der Waals surface area contributed by atoms with Crippen LogP contribution in [0.1, 0.15) is 22.7 Å². The van der Waals surface area contributed by atoms with E-state index in [9.17, 15) is 9.59 Å². The van der Waals surface area contributed by atoms with Crippen molar-refractivity contribution in [2.24, 2.45) is 0 Å². The number of alkyl halides is 1. The molecular weight excluding hydrogens is 462 g/mol. The number of nitrogens with one attached hydrogen (secondary N) is 1. The van der Waals surface area contributed by atoms with Crippen molar-refractivity contribution < 1.29 is 13.9 Å². The number of anilines is 3. The van der Waals surface area contributed by atoms with Gasteiger partial charge in [0.15, 0.2) is 5.13 Å². The van der Waals surface area contributed by atoms with E-state index in [1.54, 1.807) is 12.0 Å². The summed E-state index contributed by atoms with van der Waals surface area (Å²) in [5.74, 6) is 1.18. The molecule has 4 aromatic rings. The highest BCUT2D eigenvalue weighted by atomic mass is 35.5. The largest absolute Gasteiger partial charge is 0.497 e. The minimum absolute atomic E-state index is 0.175. The van der Waals surface area contributed by atoms with Gasteiger partial charge in [-0.05, 0) is 54.8 Å². The first-order valence-electron chi connectivity index (χ1n) is 10.2. The molecular formula is C24H20ClN3O4S. The average molecular weight is 482 g/mol. The zero-order valence-electron chi connectivity index (χ0n) is 18.1. The van der Waals surface area contributed by atoms with E-state index in [2.05, 4.69) is 10.3 Å². The average Bonchev–Trinajstić information content (AvgIpc) is 3.25. The van der Waals surface area contributed by atoms with E-state index < -0.39 is 5.38 Å². The number of rotatable bonds is 5. The molecule has 0 saturated carbocycles. The normalized spacial score (nSPS) is 17.8. The number of methoxy groups -OCH3 is 1. The van der Waals surface area contributed by atoms with Crippen molar-refractivity contribution in [3.8, 4) is 5.75 Å². The molecule has 2 atom stereocenters. The van der Waals surface area contributed by atoms with Crippen molar-refractivity contribution in [1.29, 1.82) is 0 Å². The molecule has 0 spiro atoms. The zero-order chi connectivity index (χ0) is 23.3. The van der Waals surface area contributed by atoms with Crippen molar-refractivity contribution in [1.82, 2.24) is 4.98 Å². The molecule has 1 saturated heterocycles. The van der Waals surface area contributed by atoms with Crippen LogP contribution < -0.4 is 20.6 Å². The number of fused-ring (bicyclic) bond motifs is 1. The van der Waals surface area contributed by atoms with Gasteiger partial charge in [0.05, 0.1) is 13.2 Å². The molecule has 1 fully saturated rings. The number of halogens is 1. The topological polar surface area (TPSA) is 84.7 Å². The van der Waals surface area contributed by atoms with Gasteiger partial charge in [-0.25, -0.2) is 9.78 Å². The van der Waals surface area contributed by atoms with Crippen LogP contribution in [0.5, 0.6) is 5.75 Å². The molecule has 7 nitrogen and oxygen atoms in total. The number of carbonyl (C=O) groups excluding carboxylic acids is 1. The highest BCUT2D eigenvalue weighted by Gasteiger charge is 2.49. The lowest BCUT2D eigenvalue weighted by molar-refractivity contribution is -0.123. The quantitative estimate of drug-likeness (QED) is 0.236. The minimum atomic E-state index is -0.640. The lowest BCUT2D eigenvalue weighted by Gasteiger charge is -2.42. The SMILES string of the molecule is COc1ccc(C2C(Cl)C(=O)N2c2nc(Nc3cc4c(C)cc(=O)oc4cc3C)cs2)cc1. The number of ether oxygens (including phenoxy) is 1. The molecule has 9 heteroatoms. The van der Waals surface area contributed by atoms with Crippen LogP contribution in [-0.4, -0.2) is 23.4 Å². The van der Waals surface area contributed by atoms with Crippen molar-refractivity contribution in [3.05, 3.63) is 75.0 Å². The predicted octanol–water partition coefficient (Wildman–Crippen LogP) is 5.31. The molecule has 5 rings (SSSR count). The van der Waals surface area contributed by atoms with E-state index in [1.165, 1.54) is 17.4 Å². The van der Waals surface area contributed by atoms with Gasteiger partial charge >= 0.3 is 5.63 Å². The van der Waals surface area contributed by atoms with Crippen LogP contribution in [0.2, 0.25) is 0 Å². The van der Waals surface area contributed by atoms with Gasteiger partial charge in [-0.15, -0.1) is 22.9 Å². The highest BCUT2D eigenvalue weighted by molar-refractivity contribution is 7.14. The van der Waals surface area contributed by atoms with Crippen LogP contribution >= 0.6 is 22.9 Å². The molecule has 2 aromatic carbocycles. The fourth-order valence-corrected chi connectivity index (χ4v) is 5.12. The Hall–Kier alpha value is -3.36. The molecule has 1 N–H and O–H groups in total. The maximum Gasteiger partial charge on any atom is 0.336 e.